The minimum atomic E-state index is -4.49. The molecule has 0 fully saturated rings. The number of benzene rings is 1. The first-order valence-electron chi connectivity index (χ1n) is 10.4. The Kier molecular flexibility index (Phi) is 6.84. The van der Waals surface area contributed by atoms with Gasteiger partial charge in [-0.25, -0.2) is 4.98 Å². The van der Waals surface area contributed by atoms with Crippen LogP contribution >= 0.6 is 11.3 Å². The fourth-order valence-electron chi connectivity index (χ4n) is 3.22. The maximum absolute atomic E-state index is 13.2. The van der Waals surface area contributed by atoms with Crippen LogP contribution < -0.4 is 10.6 Å². The van der Waals surface area contributed by atoms with Gasteiger partial charge in [0.15, 0.2) is 17.1 Å². The Morgan fingerprint density at radius 2 is 2.12 bits per heavy atom. The third-order valence-electron chi connectivity index (χ3n) is 4.92. The summed E-state index contributed by atoms with van der Waals surface area (Å²) in [6, 6.07) is 5.29. The average molecular weight is 494 g/mol. The number of alkyl halides is 3. The van der Waals surface area contributed by atoms with Crippen LogP contribution in [0.5, 0.6) is 0 Å². The van der Waals surface area contributed by atoms with Crippen LogP contribution in [0.2, 0.25) is 0 Å². The number of hydrogen-bond donors (Lipinski definition) is 3. The zero-order valence-electron chi connectivity index (χ0n) is 18.3. The summed E-state index contributed by atoms with van der Waals surface area (Å²) in [5.74, 6) is -0.0364. The smallest absolute Gasteiger partial charge is 0.367 e. The highest BCUT2D eigenvalue weighted by molar-refractivity contribution is 7.17. The van der Waals surface area contributed by atoms with Gasteiger partial charge in [-0.3, -0.25) is 14.6 Å². The number of ether oxygens (including phenoxy) is 1. The molecule has 0 saturated carbocycles. The third kappa shape index (κ3) is 5.37. The number of fused-ring (bicyclic) bond motifs is 1. The SMILES string of the molecule is CCCOC(Cn1ccc(Nc2ncc(C(=O)Nc3c(C)ccc4[nH]ncc34)s2)n1)C(F)(F)F. The Morgan fingerprint density at radius 1 is 1.29 bits per heavy atom. The second-order valence-electron chi connectivity index (χ2n) is 7.52. The number of nitrogens with one attached hydrogen (secondary N) is 3. The minimum absolute atomic E-state index is 0.00906. The van der Waals surface area contributed by atoms with Crippen molar-refractivity contribution in [3.63, 3.8) is 0 Å². The summed E-state index contributed by atoms with van der Waals surface area (Å²) < 4.78 is 45.6. The number of H-pyrrole nitrogens is 1. The lowest BCUT2D eigenvalue weighted by atomic mass is 10.1. The summed E-state index contributed by atoms with van der Waals surface area (Å²) in [5, 5.41) is 18.0. The van der Waals surface area contributed by atoms with E-state index in [-0.39, 0.29) is 12.5 Å². The van der Waals surface area contributed by atoms with Crippen molar-refractivity contribution in [1.82, 2.24) is 25.0 Å². The number of carbonyl (C=O) groups is 1. The van der Waals surface area contributed by atoms with Crippen LogP contribution in [0.25, 0.3) is 10.9 Å². The molecular formula is C21H22F3N7O2S. The number of carbonyl (C=O) groups excluding carboxylic acids is 1. The van der Waals surface area contributed by atoms with Crippen molar-refractivity contribution in [1.29, 1.82) is 0 Å². The van der Waals surface area contributed by atoms with Gasteiger partial charge in [0.05, 0.1) is 30.1 Å². The molecule has 1 aromatic carbocycles. The summed E-state index contributed by atoms with van der Waals surface area (Å²) in [6.45, 7) is 3.17. The summed E-state index contributed by atoms with van der Waals surface area (Å²) in [7, 11) is 0. The van der Waals surface area contributed by atoms with E-state index in [9.17, 15) is 18.0 Å². The highest BCUT2D eigenvalue weighted by Crippen LogP contribution is 2.28. The molecule has 3 aromatic heterocycles. The minimum Gasteiger partial charge on any atom is -0.367 e. The van der Waals surface area contributed by atoms with Crippen LogP contribution in [-0.2, 0) is 11.3 Å². The molecule has 0 bridgehead atoms. The number of halogens is 3. The number of nitrogens with zero attached hydrogens (tertiary/aromatic N) is 4. The predicted molar refractivity (Wildman–Crippen MR) is 122 cm³/mol. The first-order chi connectivity index (χ1) is 16.2. The Hall–Kier alpha value is -3.45. The molecule has 4 aromatic rings. The summed E-state index contributed by atoms with van der Waals surface area (Å²) >= 11 is 1.10. The molecule has 9 nitrogen and oxygen atoms in total. The monoisotopic (exact) mass is 493 g/mol. The molecule has 1 atom stereocenters. The van der Waals surface area contributed by atoms with E-state index in [4.69, 9.17) is 4.74 Å². The number of amides is 1. The van der Waals surface area contributed by atoms with E-state index in [0.29, 0.717) is 27.9 Å². The van der Waals surface area contributed by atoms with Crippen LogP contribution in [0.3, 0.4) is 0 Å². The molecular weight excluding hydrogens is 471 g/mol. The van der Waals surface area contributed by atoms with Crippen molar-refractivity contribution in [2.45, 2.75) is 39.1 Å². The van der Waals surface area contributed by atoms with Gasteiger partial charge in [0.25, 0.3) is 5.91 Å². The highest BCUT2D eigenvalue weighted by Gasteiger charge is 2.41. The molecule has 180 valence electrons. The van der Waals surface area contributed by atoms with Crippen LogP contribution in [-0.4, -0.2) is 49.8 Å². The second kappa shape index (κ2) is 9.81. The number of aryl methyl sites for hydroxylation is 1. The van der Waals surface area contributed by atoms with Crippen LogP contribution in [0, 0.1) is 6.92 Å². The standard InChI is InChI=1S/C21H22F3N7O2S/c1-3-8-33-16(21(22,23)24)11-31-7-6-17(30-31)27-20-25-10-15(34-20)19(32)28-18-12(2)4-5-14-13(18)9-26-29-14/h4-7,9-10,16H,3,8,11H2,1-2H3,(H,26,29)(H,28,32)(H,25,27,30). The van der Waals surface area contributed by atoms with Gasteiger partial charge in [-0.15, -0.1) is 0 Å². The van der Waals surface area contributed by atoms with Crippen molar-refractivity contribution in [3.05, 3.63) is 47.2 Å². The zero-order chi connectivity index (χ0) is 24.3. The molecule has 1 unspecified atom stereocenters. The Morgan fingerprint density at radius 3 is 2.88 bits per heavy atom. The maximum Gasteiger partial charge on any atom is 0.416 e. The van der Waals surface area contributed by atoms with Crippen LogP contribution in [0.1, 0.15) is 28.6 Å². The Balaban J connectivity index is 1.41. The van der Waals surface area contributed by atoms with Crippen molar-refractivity contribution >= 4 is 44.8 Å². The summed E-state index contributed by atoms with van der Waals surface area (Å²) in [5.41, 5.74) is 2.34. The number of thiazole rings is 1. The lowest BCUT2D eigenvalue weighted by molar-refractivity contribution is -0.224. The van der Waals surface area contributed by atoms with Gasteiger partial charge in [-0.05, 0) is 25.0 Å². The molecule has 3 heterocycles. The Bertz CT molecular complexity index is 1280. The van der Waals surface area contributed by atoms with Gasteiger partial charge in [0.1, 0.15) is 4.88 Å². The molecule has 3 N–H and O–H groups in total. The molecule has 4 rings (SSSR count). The van der Waals surface area contributed by atoms with Gasteiger partial charge in [0, 0.05) is 24.3 Å². The highest BCUT2D eigenvalue weighted by atomic mass is 32.1. The predicted octanol–water partition coefficient (Wildman–Crippen LogP) is 4.88. The van der Waals surface area contributed by atoms with Gasteiger partial charge in [0.2, 0.25) is 0 Å². The number of anilines is 3. The molecule has 0 saturated heterocycles. The van der Waals surface area contributed by atoms with E-state index in [1.165, 1.54) is 18.5 Å². The molecule has 0 radical (unpaired) electrons. The number of hydrogen-bond acceptors (Lipinski definition) is 7. The number of rotatable bonds is 9. The number of aromatic nitrogens is 5. The molecule has 34 heavy (non-hydrogen) atoms. The van der Waals surface area contributed by atoms with E-state index >= 15 is 0 Å². The molecule has 13 heteroatoms. The van der Waals surface area contributed by atoms with Gasteiger partial charge < -0.3 is 15.4 Å². The van der Waals surface area contributed by atoms with Crippen LogP contribution in [0.15, 0.2) is 36.8 Å². The maximum atomic E-state index is 13.2. The third-order valence-corrected chi connectivity index (χ3v) is 5.83. The fourth-order valence-corrected chi connectivity index (χ4v) is 3.94. The van der Waals surface area contributed by atoms with Crippen molar-refractivity contribution in [3.8, 4) is 0 Å². The van der Waals surface area contributed by atoms with Crippen molar-refractivity contribution in [2.75, 3.05) is 17.2 Å². The average Bonchev–Trinajstić information content (AvgIpc) is 3.53. The van der Waals surface area contributed by atoms with Gasteiger partial charge >= 0.3 is 6.18 Å². The molecule has 1 amide bonds. The van der Waals surface area contributed by atoms with E-state index < -0.39 is 18.8 Å². The van der Waals surface area contributed by atoms with E-state index in [1.807, 2.05) is 19.1 Å². The first-order valence-corrected chi connectivity index (χ1v) is 11.2. The first kappa shape index (κ1) is 23.7. The van der Waals surface area contributed by atoms with E-state index in [1.54, 1.807) is 13.1 Å². The van der Waals surface area contributed by atoms with Gasteiger partial charge in [-0.1, -0.05) is 24.3 Å². The van der Waals surface area contributed by atoms with Crippen molar-refractivity contribution < 1.29 is 22.7 Å². The van der Waals surface area contributed by atoms with E-state index in [0.717, 1.165) is 32.5 Å². The largest absolute Gasteiger partial charge is 0.416 e. The summed E-state index contributed by atoms with van der Waals surface area (Å²) in [6.07, 6.45) is -1.47. The fraction of sp³-hybridized carbons (Fsp3) is 0.333. The normalized spacial score (nSPS) is 12.7. The lowest BCUT2D eigenvalue weighted by Gasteiger charge is -2.20. The van der Waals surface area contributed by atoms with Gasteiger partial charge in [-0.2, -0.15) is 23.4 Å². The molecule has 0 aliphatic carbocycles. The Labute approximate surface area is 196 Å². The van der Waals surface area contributed by atoms with Crippen molar-refractivity contribution in [2.24, 2.45) is 0 Å². The molecule has 0 aliphatic rings. The van der Waals surface area contributed by atoms with Crippen LogP contribution in [0.4, 0.5) is 29.8 Å². The quantitative estimate of drug-likeness (QED) is 0.307. The topological polar surface area (TPSA) is 110 Å². The zero-order valence-corrected chi connectivity index (χ0v) is 19.1. The van der Waals surface area contributed by atoms with E-state index in [2.05, 4.69) is 30.9 Å². The second-order valence-corrected chi connectivity index (χ2v) is 8.55. The number of aromatic amines is 1. The molecule has 0 aliphatic heterocycles. The molecule has 0 spiro atoms. The lowest BCUT2D eigenvalue weighted by Crippen LogP contribution is -2.36. The summed E-state index contributed by atoms with van der Waals surface area (Å²) in [4.78, 5) is 17.3.